The van der Waals surface area contributed by atoms with Gasteiger partial charge in [-0.1, -0.05) is 25.1 Å². The number of carbonyl (C=O) groups excluding carboxylic acids is 3. The molecule has 190 valence electrons. The summed E-state index contributed by atoms with van der Waals surface area (Å²) in [6, 6.07) is 13.4. The molecule has 37 heavy (non-hydrogen) atoms. The summed E-state index contributed by atoms with van der Waals surface area (Å²) in [5, 5.41) is 5.35. The van der Waals surface area contributed by atoms with Crippen LogP contribution >= 0.6 is 0 Å². The second-order valence-electron chi connectivity index (χ2n) is 8.67. The van der Waals surface area contributed by atoms with Crippen molar-refractivity contribution in [2.24, 2.45) is 5.92 Å². The van der Waals surface area contributed by atoms with Crippen molar-refractivity contribution < 1.29 is 32.3 Å². The third kappa shape index (κ3) is 4.41. The number of urea groups is 2. The number of benzene rings is 2. The van der Waals surface area contributed by atoms with Crippen molar-refractivity contribution in [3.05, 3.63) is 73.1 Å². The van der Waals surface area contributed by atoms with Crippen LogP contribution < -0.4 is 25.2 Å². The van der Waals surface area contributed by atoms with E-state index < -0.39 is 35.6 Å². The predicted molar refractivity (Wildman–Crippen MR) is 128 cm³/mol. The van der Waals surface area contributed by atoms with Crippen LogP contribution in [0.1, 0.15) is 13.3 Å². The number of carbonyl (C=O) groups is 3. The fourth-order valence-electron chi connectivity index (χ4n) is 4.49. The number of rotatable bonds is 5. The Labute approximate surface area is 208 Å². The Hall–Kier alpha value is -4.61. The van der Waals surface area contributed by atoms with Crippen LogP contribution in [0.3, 0.4) is 0 Å². The lowest BCUT2D eigenvalue weighted by Gasteiger charge is -2.24. The number of nitrogens with zero attached hydrogens (tertiary/aromatic N) is 3. The first-order valence-corrected chi connectivity index (χ1v) is 11.2. The minimum atomic E-state index is -4.87. The topological polar surface area (TPSA) is 104 Å². The normalized spacial score (nSPS) is 20.8. The Morgan fingerprint density at radius 2 is 1.73 bits per heavy atom. The zero-order valence-electron chi connectivity index (χ0n) is 19.3. The quantitative estimate of drug-likeness (QED) is 0.448. The first-order chi connectivity index (χ1) is 17.6. The van der Waals surface area contributed by atoms with Gasteiger partial charge in [0.05, 0.1) is 23.3 Å². The zero-order valence-corrected chi connectivity index (χ0v) is 19.3. The maximum absolute atomic E-state index is 13.6. The molecule has 1 spiro atoms. The van der Waals surface area contributed by atoms with Gasteiger partial charge in [-0.2, -0.15) is 0 Å². The molecule has 0 bridgehead atoms. The Bertz CT molecular complexity index is 1370. The molecule has 5 rings (SSSR count). The van der Waals surface area contributed by atoms with Gasteiger partial charge in [-0.25, -0.2) is 14.5 Å². The molecule has 1 aliphatic carbocycles. The van der Waals surface area contributed by atoms with Gasteiger partial charge in [0.2, 0.25) is 0 Å². The molecule has 9 nitrogen and oxygen atoms in total. The van der Waals surface area contributed by atoms with Crippen molar-refractivity contribution in [3.63, 3.8) is 0 Å². The fourth-order valence-corrected chi connectivity index (χ4v) is 4.49. The number of amides is 5. The molecule has 5 amide bonds. The number of alkyl halides is 3. The molecule has 2 atom stereocenters. The number of hydrogen-bond donors (Lipinski definition) is 2. The molecule has 2 heterocycles. The molecule has 12 heteroatoms. The average molecular weight is 511 g/mol. The summed E-state index contributed by atoms with van der Waals surface area (Å²) in [6.45, 7) is 1.82. The Morgan fingerprint density at radius 3 is 2.35 bits per heavy atom. The van der Waals surface area contributed by atoms with E-state index in [4.69, 9.17) is 0 Å². The van der Waals surface area contributed by atoms with Crippen molar-refractivity contribution in [3.8, 4) is 5.75 Å². The monoisotopic (exact) mass is 511 g/mol. The predicted octanol–water partition coefficient (Wildman–Crippen LogP) is 5.38. The summed E-state index contributed by atoms with van der Waals surface area (Å²) < 4.78 is 41.4. The van der Waals surface area contributed by atoms with Gasteiger partial charge < -0.3 is 15.4 Å². The lowest BCUT2D eigenvalue weighted by Crippen LogP contribution is -2.39. The third-order valence-corrected chi connectivity index (χ3v) is 6.27. The van der Waals surface area contributed by atoms with E-state index in [0.717, 1.165) is 17.0 Å². The summed E-state index contributed by atoms with van der Waals surface area (Å²) in [7, 11) is 0. The molecule has 3 aromatic rings. The number of hydrogen-bond acceptors (Lipinski definition) is 5. The Balaban J connectivity index is 1.44. The molecule has 1 saturated heterocycles. The standard InChI is InChI=1S/C25H20F3N5O4/c1-15-13-24(15)21(34)32(17-7-9-18(10-8-17)37-25(26,27)28)23(36)33(24)20-11-12-29-14-19(20)31-22(35)30-16-5-3-2-4-6-16/h2-12,14-15H,13H2,1H3,(H2,30,31,35). The summed E-state index contributed by atoms with van der Waals surface area (Å²) >= 11 is 0. The van der Waals surface area contributed by atoms with E-state index in [1.165, 1.54) is 35.5 Å². The highest BCUT2D eigenvalue weighted by molar-refractivity contribution is 6.32. The highest BCUT2D eigenvalue weighted by Gasteiger charge is 2.70. The molecule has 2 aromatic carbocycles. The van der Waals surface area contributed by atoms with Gasteiger partial charge in [0.25, 0.3) is 5.91 Å². The maximum Gasteiger partial charge on any atom is 0.573 e. The van der Waals surface area contributed by atoms with Crippen LogP contribution in [-0.4, -0.2) is 34.9 Å². The van der Waals surface area contributed by atoms with Gasteiger partial charge in [0, 0.05) is 11.9 Å². The first-order valence-electron chi connectivity index (χ1n) is 11.2. The van der Waals surface area contributed by atoms with Gasteiger partial charge in [0.15, 0.2) is 0 Å². The van der Waals surface area contributed by atoms with Gasteiger partial charge in [-0.15, -0.1) is 13.2 Å². The van der Waals surface area contributed by atoms with E-state index >= 15 is 0 Å². The second-order valence-corrected chi connectivity index (χ2v) is 8.67. The van der Waals surface area contributed by atoms with Crippen molar-refractivity contribution >= 4 is 40.7 Å². The van der Waals surface area contributed by atoms with Crippen molar-refractivity contribution in [2.75, 3.05) is 20.4 Å². The number of anilines is 4. The van der Waals surface area contributed by atoms with Crippen LogP contribution in [-0.2, 0) is 4.79 Å². The molecule has 2 N–H and O–H groups in total. The largest absolute Gasteiger partial charge is 0.573 e. The van der Waals surface area contributed by atoms with E-state index in [0.29, 0.717) is 12.1 Å². The summed E-state index contributed by atoms with van der Waals surface area (Å²) in [5.74, 6) is -1.18. The lowest BCUT2D eigenvalue weighted by atomic mass is 10.1. The Morgan fingerprint density at radius 1 is 1.05 bits per heavy atom. The van der Waals surface area contributed by atoms with Crippen LogP contribution in [0.15, 0.2) is 73.1 Å². The number of para-hydroxylation sites is 1. The van der Waals surface area contributed by atoms with Crippen molar-refractivity contribution in [1.29, 1.82) is 0 Å². The Kier molecular flexibility index (Phi) is 5.73. The maximum atomic E-state index is 13.6. The lowest BCUT2D eigenvalue weighted by molar-refractivity contribution is -0.274. The molecule has 2 aliphatic rings. The minimum Gasteiger partial charge on any atom is -0.406 e. The molecular formula is C25H20F3N5O4. The van der Waals surface area contributed by atoms with E-state index in [9.17, 15) is 27.6 Å². The SMILES string of the molecule is CC1CC12C(=O)N(c1ccc(OC(F)(F)F)cc1)C(=O)N2c1ccncc1NC(=O)Nc1ccccc1. The molecule has 1 saturated carbocycles. The van der Waals surface area contributed by atoms with E-state index in [2.05, 4.69) is 20.4 Å². The molecule has 2 fully saturated rings. The molecule has 0 radical (unpaired) electrons. The summed E-state index contributed by atoms with van der Waals surface area (Å²) in [5.41, 5.74) is -0.0803. The average Bonchev–Trinajstić information content (AvgIpc) is 3.46. The number of imide groups is 1. The number of aromatic nitrogens is 1. The second kappa shape index (κ2) is 8.80. The number of nitrogens with one attached hydrogen (secondary N) is 2. The summed E-state index contributed by atoms with van der Waals surface area (Å²) in [6.07, 6.45) is -1.70. The van der Waals surface area contributed by atoms with Crippen molar-refractivity contribution in [1.82, 2.24) is 4.98 Å². The van der Waals surface area contributed by atoms with Gasteiger partial charge >= 0.3 is 18.4 Å². The molecule has 1 aromatic heterocycles. The van der Waals surface area contributed by atoms with Crippen LogP contribution in [0, 0.1) is 5.92 Å². The van der Waals surface area contributed by atoms with Gasteiger partial charge in [0.1, 0.15) is 11.3 Å². The van der Waals surface area contributed by atoms with Gasteiger partial charge in [-0.05, 0) is 54.8 Å². The number of halogens is 3. The molecule has 2 unspecified atom stereocenters. The van der Waals surface area contributed by atoms with E-state index in [1.807, 2.05) is 6.92 Å². The number of pyridine rings is 1. The fraction of sp³-hybridized carbons (Fsp3) is 0.200. The minimum absolute atomic E-state index is 0.0934. The summed E-state index contributed by atoms with van der Waals surface area (Å²) in [4.78, 5) is 46.1. The van der Waals surface area contributed by atoms with E-state index in [-0.39, 0.29) is 23.0 Å². The zero-order chi connectivity index (χ0) is 26.4. The number of ether oxygens (including phenoxy) is 1. The van der Waals surface area contributed by atoms with Crippen LogP contribution in [0.2, 0.25) is 0 Å². The first kappa shape index (κ1) is 24.1. The van der Waals surface area contributed by atoms with Crippen molar-refractivity contribution in [2.45, 2.75) is 25.2 Å². The van der Waals surface area contributed by atoms with E-state index in [1.54, 1.807) is 30.3 Å². The van der Waals surface area contributed by atoms with Crippen LogP contribution in [0.5, 0.6) is 5.75 Å². The van der Waals surface area contributed by atoms with Gasteiger partial charge in [-0.3, -0.25) is 14.7 Å². The van der Waals surface area contributed by atoms with Crippen LogP contribution in [0.25, 0.3) is 0 Å². The highest BCUT2D eigenvalue weighted by Crippen LogP contribution is 2.56. The third-order valence-electron chi connectivity index (χ3n) is 6.27. The molecular weight excluding hydrogens is 491 g/mol. The molecule has 1 aliphatic heterocycles. The van der Waals surface area contributed by atoms with Crippen LogP contribution in [0.4, 0.5) is 45.5 Å². The highest BCUT2D eigenvalue weighted by atomic mass is 19.4. The smallest absolute Gasteiger partial charge is 0.406 e.